The number of alkyl halides is 2. The van der Waals surface area contributed by atoms with Crippen LogP contribution in [0.2, 0.25) is 0 Å². The van der Waals surface area contributed by atoms with Crippen molar-refractivity contribution in [3.63, 3.8) is 0 Å². The molecule has 0 radical (unpaired) electrons. The van der Waals surface area contributed by atoms with Crippen LogP contribution in [0.25, 0.3) is 0 Å². The highest BCUT2D eigenvalue weighted by atomic mass is 127. The fraction of sp³-hybridized carbons (Fsp3) is 1.00. The predicted octanol–water partition coefficient (Wildman–Crippen LogP) is 3.48. The first-order valence-corrected chi connectivity index (χ1v) is 5.54. The van der Waals surface area contributed by atoms with Gasteiger partial charge in [0.1, 0.15) is 5.67 Å². The maximum absolute atomic E-state index is 13.6. The van der Waals surface area contributed by atoms with Crippen molar-refractivity contribution in [2.24, 2.45) is 0 Å². The fourth-order valence-corrected chi connectivity index (χ4v) is 2.57. The van der Waals surface area contributed by atoms with Gasteiger partial charge in [-0.3, -0.25) is 0 Å². The maximum Gasteiger partial charge on any atom is 0.111 e. The highest BCUT2D eigenvalue weighted by Crippen LogP contribution is 2.34. The van der Waals surface area contributed by atoms with Crippen LogP contribution in [0.4, 0.5) is 4.39 Å². The van der Waals surface area contributed by atoms with Crippen LogP contribution in [0.5, 0.6) is 0 Å². The molecule has 0 aromatic carbocycles. The topological polar surface area (TPSA) is 0 Å². The Morgan fingerprint density at radius 1 is 1.20 bits per heavy atom. The van der Waals surface area contributed by atoms with Gasteiger partial charge in [-0.15, -0.1) is 0 Å². The Balaban J connectivity index is 2.32. The van der Waals surface area contributed by atoms with Gasteiger partial charge in [0.2, 0.25) is 0 Å². The van der Waals surface area contributed by atoms with Gasteiger partial charge in [0.15, 0.2) is 0 Å². The van der Waals surface area contributed by atoms with Crippen molar-refractivity contribution in [2.45, 2.75) is 44.2 Å². The van der Waals surface area contributed by atoms with Crippen molar-refractivity contribution < 1.29 is 4.39 Å². The highest BCUT2D eigenvalue weighted by Gasteiger charge is 2.30. The zero-order valence-corrected chi connectivity index (χ0v) is 8.36. The smallest absolute Gasteiger partial charge is 0.111 e. The first-order valence-electron chi connectivity index (χ1n) is 4.02. The van der Waals surface area contributed by atoms with Gasteiger partial charge in [0.05, 0.1) is 0 Å². The number of hydrogen-bond donors (Lipinski definition) is 0. The Kier molecular flexibility index (Phi) is 3.40. The van der Waals surface area contributed by atoms with Crippen molar-refractivity contribution in [2.75, 3.05) is 4.43 Å². The van der Waals surface area contributed by atoms with E-state index in [-0.39, 0.29) is 0 Å². The fourth-order valence-electron chi connectivity index (χ4n) is 1.60. The molecule has 1 rings (SSSR count). The van der Waals surface area contributed by atoms with E-state index in [2.05, 4.69) is 22.6 Å². The minimum Gasteiger partial charge on any atom is -0.244 e. The van der Waals surface area contributed by atoms with Gasteiger partial charge in [0.25, 0.3) is 0 Å². The average molecular weight is 256 g/mol. The molecule has 0 saturated heterocycles. The van der Waals surface area contributed by atoms with Crippen LogP contribution >= 0.6 is 22.6 Å². The molecule has 0 N–H and O–H groups in total. The molecule has 0 bridgehead atoms. The summed E-state index contributed by atoms with van der Waals surface area (Å²) < 4.78 is 14.5. The lowest BCUT2D eigenvalue weighted by Crippen LogP contribution is -2.26. The third kappa shape index (κ3) is 2.36. The van der Waals surface area contributed by atoms with Gasteiger partial charge < -0.3 is 0 Å². The summed E-state index contributed by atoms with van der Waals surface area (Å²) in [4.78, 5) is 0. The van der Waals surface area contributed by atoms with E-state index in [1.807, 2.05) is 0 Å². The summed E-state index contributed by atoms with van der Waals surface area (Å²) in [6.07, 6.45) is 5.85. The molecule has 0 spiro atoms. The molecule has 1 saturated carbocycles. The zero-order chi connectivity index (χ0) is 7.45. The summed E-state index contributed by atoms with van der Waals surface area (Å²) in [6, 6.07) is 0. The summed E-state index contributed by atoms with van der Waals surface area (Å²) in [5.41, 5.74) is -0.778. The molecule has 0 nitrogen and oxygen atoms in total. The molecule has 1 aliphatic rings. The third-order valence-electron chi connectivity index (χ3n) is 2.29. The molecule has 1 fully saturated rings. The van der Waals surface area contributed by atoms with Gasteiger partial charge in [-0.2, -0.15) is 0 Å². The van der Waals surface area contributed by atoms with Gasteiger partial charge in [0, 0.05) is 4.43 Å². The second-order valence-electron chi connectivity index (χ2n) is 3.15. The maximum atomic E-state index is 13.6. The zero-order valence-electron chi connectivity index (χ0n) is 6.21. The first-order chi connectivity index (χ1) is 4.77. The van der Waals surface area contributed by atoms with E-state index in [1.54, 1.807) is 0 Å². The minimum atomic E-state index is -0.778. The summed E-state index contributed by atoms with van der Waals surface area (Å²) in [7, 11) is 0. The summed E-state index contributed by atoms with van der Waals surface area (Å²) in [5.74, 6) is 0. The Bertz CT molecular complexity index is 91.9. The standard InChI is InChI=1S/C8H14FI/c9-8(6-7-10)4-2-1-3-5-8/h1-7H2. The SMILES string of the molecule is FC1(CCI)CCCCC1. The van der Waals surface area contributed by atoms with E-state index in [1.165, 1.54) is 6.42 Å². The molecule has 0 unspecified atom stereocenters. The summed E-state index contributed by atoms with van der Waals surface area (Å²) >= 11 is 2.26. The molecular formula is C8H14FI. The largest absolute Gasteiger partial charge is 0.244 e. The van der Waals surface area contributed by atoms with Crippen LogP contribution in [0.1, 0.15) is 38.5 Å². The Hall–Kier alpha value is 0.660. The van der Waals surface area contributed by atoms with Gasteiger partial charge in [-0.1, -0.05) is 41.9 Å². The van der Waals surface area contributed by atoms with Gasteiger partial charge >= 0.3 is 0 Å². The van der Waals surface area contributed by atoms with E-state index in [0.717, 1.165) is 36.5 Å². The Morgan fingerprint density at radius 2 is 1.80 bits per heavy atom. The van der Waals surface area contributed by atoms with E-state index in [4.69, 9.17) is 0 Å². The average Bonchev–Trinajstić information content (AvgIpc) is 1.89. The quantitative estimate of drug-likeness (QED) is 0.524. The molecule has 0 heterocycles. The van der Waals surface area contributed by atoms with Crippen molar-refractivity contribution in [3.8, 4) is 0 Å². The van der Waals surface area contributed by atoms with E-state index in [0.29, 0.717) is 0 Å². The van der Waals surface area contributed by atoms with Crippen molar-refractivity contribution in [3.05, 3.63) is 0 Å². The normalized spacial score (nSPS) is 24.6. The van der Waals surface area contributed by atoms with Crippen molar-refractivity contribution >= 4 is 22.6 Å². The monoisotopic (exact) mass is 256 g/mol. The second kappa shape index (κ2) is 3.88. The van der Waals surface area contributed by atoms with Gasteiger partial charge in [-0.25, -0.2) is 4.39 Å². The van der Waals surface area contributed by atoms with Crippen LogP contribution in [0, 0.1) is 0 Å². The van der Waals surface area contributed by atoms with E-state index in [9.17, 15) is 4.39 Å². The molecule has 0 atom stereocenters. The number of halogens is 2. The van der Waals surface area contributed by atoms with Crippen molar-refractivity contribution in [1.82, 2.24) is 0 Å². The van der Waals surface area contributed by atoms with Gasteiger partial charge in [-0.05, 0) is 19.3 Å². The Morgan fingerprint density at radius 3 is 2.30 bits per heavy atom. The van der Waals surface area contributed by atoms with E-state index >= 15 is 0 Å². The highest BCUT2D eigenvalue weighted by molar-refractivity contribution is 14.1. The van der Waals surface area contributed by atoms with Crippen LogP contribution < -0.4 is 0 Å². The molecular weight excluding hydrogens is 242 g/mol. The second-order valence-corrected chi connectivity index (χ2v) is 4.23. The molecule has 0 aromatic heterocycles. The predicted molar refractivity (Wildman–Crippen MR) is 50.4 cm³/mol. The molecule has 0 aliphatic heterocycles. The number of rotatable bonds is 2. The Labute approximate surface area is 75.7 Å². The lowest BCUT2D eigenvalue weighted by atomic mass is 9.85. The van der Waals surface area contributed by atoms with Crippen LogP contribution in [-0.4, -0.2) is 10.1 Å². The minimum absolute atomic E-state index is 0.771. The number of hydrogen-bond acceptors (Lipinski definition) is 0. The third-order valence-corrected chi connectivity index (χ3v) is 2.83. The molecule has 0 aromatic rings. The molecule has 0 amide bonds. The molecule has 60 valence electrons. The molecule has 10 heavy (non-hydrogen) atoms. The summed E-state index contributed by atoms with van der Waals surface area (Å²) in [6.45, 7) is 0. The van der Waals surface area contributed by atoms with Crippen LogP contribution in [0.3, 0.4) is 0 Å². The van der Waals surface area contributed by atoms with Crippen LogP contribution in [0.15, 0.2) is 0 Å². The van der Waals surface area contributed by atoms with E-state index < -0.39 is 5.67 Å². The first kappa shape index (κ1) is 8.75. The molecule has 1 aliphatic carbocycles. The lowest BCUT2D eigenvalue weighted by molar-refractivity contribution is 0.105. The van der Waals surface area contributed by atoms with Crippen LogP contribution in [-0.2, 0) is 0 Å². The lowest BCUT2D eigenvalue weighted by Gasteiger charge is -2.28. The summed E-state index contributed by atoms with van der Waals surface area (Å²) in [5, 5.41) is 0. The van der Waals surface area contributed by atoms with Crippen molar-refractivity contribution in [1.29, 1.82) is 0 Å². The molecule has 2 heteroatoms.